The number of carbonyl (C=O) groups is 1. The highest BCUT2D eigenvalue weighted by atomic mass is 35.5. The summed E-state index contributed by atoms with van der Waals surface area (Å²) in [5, 5.41) is 5.27. The second kappa shape index (κ2) is 8.62. The van der Waals surface area contributed by atoms with Gasteiger partial charge < -0.3 is 9.73 Å². The maximum absolute atomic E-state index is 13.1. The number of halogens is 2. The van der Waals surface area contributed by atoms with Crippen molar-refractivity contribution in [3.63, 3.8) is 0 Å². The van der Waals surface area contributed by atoms with Crippen LogP contribution in [0.15, 0.2) is 71.2 Å². The van der Waals surface area contributed by atoms with E-state index < -0.39 is 11.7 Å². The summed E-state index contributed by atoms with van der Waals surface area (Å²) in [6, 6.07) is 17.3. The molecule has 0 saturated heterocycles. The van der Waals surface area contributed by atoms with E-state index in [1.54, 1.807) is 12.1 Å². The van der Waals surface area contributed by atoms with E-state index in [4.69, 9.17) is 28.2 Å². The van der Waals surface area contributed by atoms with Crippen LogP contribution in [0.2, 0.25) is 5.02 Å². The molecule has 0 spiro atoms. The molecule has 0 saturated carbocycles. The van der Waals surface area contributed by atoms with Crippen molar-refractivity contribution in [1.29, 1.82) is 0 Å². The zero-order valence-electron chi connectivity index (χ0n) is 13.9. The second-order valence-corrected chi connectivity index (χ2v) is 6.29. The van der Waals surface area contributed by atoms with Crippen molar-refractivity contribution < 1.29 is 13.6 Å². The van der Waals surface area contributed by atoms with Gasteiger partial charge in [-0.2, -0.15) is 0 Å². The van der Waals surface area contributed by atoms with Crippen LogP contribution in [0.3, 0.4) is 0 Å². The topological polar surface area (TPSA) is 54.3 Å². The first kappa shape index (κ1) is 18.8. The Morgan fingerprint density at radius 1 is 1.11 bits per heavy atom. The van der Waals surface area contributed by atoms with E-state index in [0.29, 0.717) is 17.2 Å². The summed E-state index contributed by atoms with van der Waals surface area (Å²) >= 11 is 10.7. The molecule has 4 nitrogen and oxygen atoms in total. The third-order valence-electron chi connectivity index (χ3n) is 3.50. The standard InChI is InChI=1S/C20H14ClFN2O2S/c21-16-12-14(6-9-17(16)22)23-20(27)24-19(25)11-8-15-7-10-18(26-15)13-4-2-1-3-5-13/h1-12H,(H2,23,24,25,27)/b11-8+. The van der Waals surface area contributed by atoms with Crippen molar-refractivity contribution in [2.75, 3.05) is 5.32 Å². The SMILES string of the molecule is O=C(/C=C/c1ccc(-c2ccccc2)o1)NC(=S)Nc1ccc(F)c(Cl)c1. The van der Waals surface area contributed by atoms with Gasteiger partial charge in [-0.25, -0.2) is 4.39 Å². The van der Waals surface area contributed by atoms with Gasteiger partial charge in [0.15, 0.2) is 5.11 Å². The van der Waals surface area contributed by atoms with Crippen molar-refractivity contribution in [2.45, 2.75) is 0 Å². The first-order chi connectivity index (χ1) is 13.0. The molecule has 136 valence electrons. The smallest absolute Gasteiger partial charge is 0.250 e. The number of benzene rings is 2. The summed E-state index contributed by atoms with van der Waals surface area (Å²) in [6.07, 6.45) is 2.85. The summed E-state index contributed by atoms with van der Waals surface area (Å²) in [5.74, 6) is 0.279. The molecule has 0 aliphatic rings. The van der Waals surface area contributed by atoms with Gasteiger partial charge in [-0.3, -0.25) is 10.1 Å². The number of hydrogen-bond donors (Lipinski definition) is 2. The van der Waals surface area contributed by atoms with Crippen LogP contribution in [0.1, 0.15) is 5.76 Å². The summed E-state index contributed by atoms with van der Waals surface area (Å²) in [4.78, 5) is 12.0. The predicted molar refractivity (Wildman–Crippen MR) is 109 cm³/mol. The average Bonchev–Trinajstić information content (AvgIpc) is 3.13. The molecule has 1 aromatic heterocycles. The largest absolute Gasteiger partial charge is 0.457 e. The van der Waals surface area contributed by atoms with Gasteiger partial charge in [0.25, 0.3) is 0 Å². The summed E-state index contributed by atoms with van der Waals surface area (Å²) in [5.41, 5.74) is 1.42. The number of hydrogen-bond acceptors (Lipinski definition) is 3. The minimum absolute atomic E-state index is 0.0407. The molecule has 0 radical (unpaired) electrons. The molecule has 7 heteroatoms. The maximum Gasteiger partial charge on any atom is 0.250 e. The molecule has 1 heterocycles. The Labute approximate surface area is 165 Å². The van der Waals surface area contributed by atoms with E-state index in [0.717, 1.165) is 5.56 Å². The van der Waals surface area contributed by atoms with E-state index in [9.17, 15) is 9.18 Å². The Morgan fingerprint density at radius 3 is 2.63 bits per heavy atom. The monoisotopic (exact) mass is 400 g/mol. The van der Waals surface area contributed by atoms with Crippen molar-refractivity contribution in [3.05, 3.63) is 83.3 Å². The number of amides is 1. The lowest BCUT2D eigenvalue weighted by atomic mass is 10.2. The predicted octanol–water partition coefficient (Wildman–Crippen LogP) is 5.27. The van der Waals surface area contributed by atoms with Crippen LogP contribution in [0.5, 0.6) is 0 Å². The Kier molecular flexibility index (Phi) is 6.01. The average molecular weight is 401 g/mol. The Balaban J connectivity index is 1.56. The van der Waals surface area contributed by atoms with Crippen LogP contribution in [-0.2, 0) is 4.79 Å². The number of thiocarbonyl (C=S) groups is 1. The lowest BCUT2D eigenvalue weighted by Gasteiger charge is -2.08. The van der Waals surface area contributed by atoms with Crippen LogP contribution in [-0.4, -0.2) is 11.0 Å². The molecule has 2 N–H and O–H groups in total. The van der Waals surface area contributed by atoms with Gasteiger partial charge in [0, 0.05) is 17.3 Å². The highest BCUT2D eigenvalue weighted by Crippen LogP contribution is 2.22. The van der Waals surface area contributed by atoms with Crippen molar-refractivity contribution in [2.24, 2.45) is 0 Å². The minimum atomic E-state index is -0.534. The van der Waals surface area contributed by atoms with Crippen LogP contribution < -0.4 is 10.6 Å². The fraction of sp³-hybridized carbons (Fsp3) is 0. The van der Waals surface area contributed by atoms with E-state index in [1.807, 2.05) is 36.4 Å². The molecular weight excluding hydrogens is 387 g/mol. The normalized spacial score (nSPS) is 10.7. The van der Waals surface area contributed by atoms with Crippen molar-refractivity contribution in [1.82, 2.24) is 5.32 Å². The number of nitrogens with one attached hydrogen (secondary N) is 2. The third kappa shape index (κ3) is 5.26. The van der Waals surface area contributed by atoms with Crippen LogP contribution in [0.25, 0.3) is 17.4 Å². The minimum Gasteiger partial charge on any atom is -0.457 e. The van der Waals surface area contributed by atoms with E-state index in [-0.39, 0.29) is 10.1 Å². The van der Waals surface area contributed by atoms with Crippen LogP contribution in [0, 0.1) is 5.82 Å². The molecule has 1 amide bonds. The Bertz CT molecular complexity index is 1000. The molecule has 0 atom stereocenters. The maximum atomic E-state index is 13.1. The first-order valence-corrected chi connectivity index (χ1v) is 8.70. The molecule has 0 bridgehead atoms. The second-order valence-electron chi connectivity index (χ2n) is 5.47. The van der Waals surface area contributed by atoms with Gasteiger partial charge in [-0.1, -0.05) is 41.9 Å². The van der Waals surface area contributed by atoms with Crippen molar-refractivity contribution >= 4 is 46.6 Å². The number of carbonyl (C=O) groups excluding carboxylic acids is 1. The molecule has 2 aromatic carbocycles. The highest BCUT2D eigenvalue weighted by Gasteiger charge is 2.06. The quantitative estimate of drug-likeness (QED) is 0.463. The van der Waals surface area contributed by atoms with Gasteiger partial charge in [-0.05, 0) is 48.6 Å². The molecule has 3 aromatic rings. The number of anilines is 1. The highest BCUT2D eigenvalue weighted by molar-refractivity contribution is 7.80. The fourth-order valence-electron chi connectivity index (χ4n) is 2.25. The van der Waals surface area contributed by atoms with Gasteiger partial charge >= 0.3 is 0 Å². The lowest BCUT2D eigenvalue weighted by Crippen LogP contribution is -2.32. The summed E-state index contributed by atoms with van der Waals surface area (Å²) in [7, 11) is 0. The number of rotatable bonds is 4. The Morgan fingerprint density at radius 2 is 1.89 bits per heavy atom. The third-order valence-corrected chi connectivity index (χ3v) is 3.99. The van der Waals surface area contributed by atoms with E-state index >= 15 is 0 Å². The van der Waals surface area contributed by atoms with Gasteiger partial charge in [0.1, 0.15) is 17.3 Å². The zero-order chi connectivity index (χ0) is 19.2. The number of furan rings is 1. The van der Waals surface area contributed by atoms with Gasteiger partial charge in [0.2, 0.25) is 5.91 Å². The zero-order valence-corrected chi connectivity index (χ0v) is 15.5. The van der Waals surface area contributed by atoms with Gasteiger partial charge in [0.05, 0.1) is 5.02 Å². The molecule has 0 unspecified atom stereocenters. The molecule has 0 fully saturated rings. The molecular formula is C20H14ClFN2O2S. The lowest BCUT2D eigenvalue weighted by molar-refractivity contribution is -0.115. The summed E-state index contributed by atoms with van der Waals surface area (Å²) in [6.45, 7) is 0. The Hall–Kier alpha value is -2.96. The fourth-order valence-corrected chi connectivity index (χ4v) is 2.65. The summed E-state index contributed by atoms with van der Waals surface area (Å²) < 4.78 is 18.8. The van der Waals surface area contributed by atoms with Crippen LogP contribution >= 0.6 is 23.8 Å². The van der Waals surface area contributed by atoms with E-state index in [2.05, 4.69) is 10.6 Å². The van der Waals surface area contributed by atoms with Crippen molar-refractivity contribution in [3.8, 4) is 11.3 Å². The molecule has 0 aliphatic carbocycles. The molecule has 3 rings (SSSR count). The first-order valence-electron chi connectivity index (χ1n) is 7.91. The molecule has 0 aliphatic heterocycles. The molecule has 27 heavy (non-hydrogen) atoms. The van der Waals surface area contributed by atoms with Crippen LogP contribution in [0.4, 0.5) is 10.1 Å². The van der Waals surface area contributed by atoms with Gasteiger partial charge in [-0.15, -0.1) is 0 Å². The van der Waals surface area contributed by atoms with E-state index in [1.165, 1.54) is 24.3 Å².